The normalized spacial score (nSPS) is 40.7. The Balaban J connectivity index is 2.24. The Bertz CT molecular complexity index is 383. The summed E-state index contributed by atoms with van der Waals surface area (Å²) >= 11 is 0. The van der Waals surface area contributed by atoms with Gasteiger partial charge in [-0.3, -0.25) is 4.79 Å². The zero-order chi connectivity index (χ0) is 13.3. The second kappa shape index (κ2) is 5.27. The van der Waals surface area contributed by atoms with Gasteiger partial charge in [0, 0.05) is 5.92 Å². The lowest BCUT2D eigenvalue weighted by Crippen LogP contribution is -2.25. The molecule has 0 bridgehead atoms. The molecular weight excluding hydrogens is 228 g/mol. The van der Waals surface area contributed by atoms with Crippen molar-refractivity contribution in [1.29, 1.82) is 0 Å². The van der Waals surface area contributed by atoms with E-state index < -0.39 is 6.10 Å². The molecule has 0 aromatic carbocycles. The van der Waals surface area contributed by atoms with Gasteiger partial charge in [-0.05, 0) is 44.3 Å². The number of fused-ring (bicyclic) bond motifs is 1. The van der Waals surface area contributed by atoms with Crippen LogP contribution in [-0.4, -0.2) is 23.3 Å². The van der Waals surface area contributed by atoms with Gasteiger partial charge in [-0.1, -0.05) is 19.1 Å². The highest BCUT2D eigenvalue weighted by Gasteiger charge is 2.41. The largest absolute Gasteiger partial charge is 0.458 e. The lowest BCUT2D eigenvalue weighted by atomic mass is 9.83. The minimum absolute atomic E-state index is 0.0669. The highest BCUT2D eigenvalue weighted by Crippen LogP contribution is 2.35. The van der Waals surface area contributed by atoms with Crippen LogP contribution in [0.3, 0.4) is 0 Å². The summed E-state index contributed by atoms with van der Waals surface area (Å²) in [6, 6.07) is 0. The van der Waals surface area contributed by atoms with Crippen molar-refractivity contribution in [2.75, 3.05) is 0 Å². The first-order valence-electron chi connectivity index (χ1n) is 6.72. The first-order chi connectivity index (χ1) is 8.49. The third-order valence-electron chi connectivity index (χ3n) is 4.17. The number of hydrogen-bond acceptors (Lipinski definition) is 3. The van der Waals surface area contributed by atoms with Gasteiger partial charge in [-0.25, -0.2) is 0 Å². The number of allylic oxidation sites excluding steroid dienone is 1. The van der Waals surface area contributed by atoms with Crippen LogP contribution in [0.2, 0.25) is 0 Å². The zero-order valence-corrected chi connectivity index (χ0v) is 11.2. The third-order valence-corrected chi connectivity index (χ3v) is 4.17. The fourth-order valence-electron chi connectivity index (χ4n) is 2.83. The van der Waals surface area contributed by atoms with Crippen LogP contribution in [0.5, 0.6) is 0 Å². The molecule has 0 radical (unpaired) electrons. The topological polar surface area (TPSA) is 46.5 Å². The number of aliphatic hydroxyl groups is 1. The summed E-state index contributed by atoms with van der Waals surface area (Å²) in [7, 11) is 0. The van der Waals surface area contributed by atoms with E-state index in [4.69, 9.17) is 4.74 Å². The molecule has 2 rings (SSSR count). The molecule has 0 unspecified atom stereocenters. The van der Waals surface area contributed by atoms with Gasteiger partial charge >= 0.3 is 5.97 Å². The second-order valence-corrected chi connectivity index (χ2v) is 5.63. The van der Waals surface area contributed by atoms with Gasteiger partial charge in [-0.2, -0.15) is 0 Å². The van der Waals surface area contributed by atoms with E-state index in [1.807, 2.05) is 6.92 Å². The lowest BCUT2D eigenvalue weighted by molar-refractivity contribution is -0.142. The molecule has 18 heavy (non-hydrogen) atoms. The van der Waals surface area contributed by atoms with E-state index in [-0.39, 0.29) is 23.9 Å². The van der Waals surface area contributed by atoms with Crippen LogP contribution in [0.4, 0.5) is 0 Å². The summed E-state index contributed by atoms with van der Waals surface area (Å²) in [5.41, 5.74) is 2.14. The van der Waals surface area contributed by atoms with Crippen molar-refractivity contribution >= 4 is 5.97 Å². The number of rotatable bonds is 0. The Labute approximate surface area is 109 Å². The van der Waals surface area contributed by atoms with Gasteiger partial charge in [0.1, 0.15) is 6.10 Å². The van der Waals surface area contributed by atoms with Crippen molar-refractivity contribution in [1.82, 2.24) is 0 Å². The van der Waals surface area contributed by atoms with Crippen molar-refractivity contribution in [2.45, 2.75) is 51.7 Å². The summed E-state index contributed by atoms with van der Waals surface area (Å²) in [5.74, 6) is -0.218. The first kappa shape index (κ1) is 13.3. The van der Waals surface area contributed by atoms with Crippen LogP contribution >= 0.6 is 0 Å². The number of carbonyl (C=O) groups excluding carboxylic acids is 1. The number of aliphatic hydroxyl groups excluding tert-OH is 1. The Kier molecular flexibility index (Phi) is 3.91. The van der Waals surface area contributed by atoms with Crippen LogP contribution in [-0.2, 0) is 9.53 Å². The van der Waals surface area contributed by atoms with Crippen LogP contribution in [0.15, 0.2) is 23.8 Å². The average molecular weight is 250 g/mol. The van der Waals surface area contributed by atoms with Gasteiger partial charge in [0.25, 0.3) is 0 Å². The summed E-state index contributed by atoms with van der Waals surface area (Å²) in [6.45, 7) is 7.92. The van der Waals surface area contributed by atoms with Gasteiger partial charge in [0.2, 0.25) is 0 Å². The Morgan fingerprint density at radius 3 is 2.89 bits per heavy atom. The highest BCUT2D eigenvalue weighted by molar-refractivity contribution is 5.75. The molecule has 0 amide bonds. The minimum Gasteiger partial charge on any atom is -0.458 e. The average Bonchev–Trinajstić information content (AvgIpc) is 2.56. The van der Waals surface area contributed by atoms with Gasteiger partial charge in [0.05, 0.1) is 12.0 Å². The van der Waals surface area contributed by atoms with Crippen LogP contribution in [0.1, 0.15) is 39.5 Å². The SMILES string of the molecule is C=C1CCC/C(C)=C/[C@H]2OC(=O)[C@@H](C)[C@@H]2C[C@@H]1O. The standard InChI is InChI=1S/C15H22O3/c1-9-5-4-6-10(2)13(16)8-12-11(3)15(17)18-14(12)7-9/h7,11-14,16H,2,4-6,8H2,1,3H3/b9-7+/t11-,12-,13-,14+/m0/s1. The monoisotopic (exact) mass is 250 g/mol. The Hall–Kier alpha value is -1.09. The smallest absolute Gasteiger partial charge is 0.309 e. The predicted molar refractivity (Wildman–Crippen MR) is 69.9 cm³/mol. The van der Waals surface area contributed by atoms with Crippen LogP contribution < -0.4 is 0 Å². The quantitative estimate of drug-likeness (QED) is 0.531. The van der Waals surface area contributed by atoms with Crippen molar-refractivity contribution < 1.29 is 14.6 Å². The number of carbonyl (C=O) groups is 1. The van der Waals surface area contributed by atoms with E-state index in [2.05, 4.69) is 19.6 Å². The van der Waals surface area contributed by atoms with E-state index >= 15 is 0 Å². The third kappa shape index (κ3) is 2.66. The molecule has 0 spiro atoms. The molecule has 1 aliphatic carbocycles. The maximum absolute atomic E-state index is 11.7. The molecule has 1 saturated heterocycles. The second-order valence-electron chi connectivity index (χ2n) is 5.63. The van der Waals surface area contributed by atoms with Crippen molar-refractivity contribution in [3.05, 3.63) is 23.8 Å². The van der Waals surface area contributed by atoms with E-state index in [1.165, 1.54) is 5.57 Å². The number of esters is 1. The molecule has 3 nitrogen and oxygen atoms in total. The zero-order valence-electron chi connectivity index (χ0n) is 11.2. The van der Waals surface area contributed by atoms with Crippen molar-refractivity contribution in [2.24, 2.45) is 11.8 Å². The first-order valence-corrected chi connectivity index (χ1v) is 6.72. The maximum Gasteiger partial charge on any atom is 0.309 e. The molecule has 1 N–H and O–H groups in total. The maximum atomic E-state index is 11.7. The molecule has 4 atom stereocenters. The van der Waals surface area contributed by atoms with Gasteiger partial charge in [-0.15, -0.1) is 0 Å². The summed E-state index contributed by atoms with van der Waals surface area (Å²) in [6.07, 6.45) is 4.77. The van der Waals surface area contributed by atoms with Gasteiger partial charge < -0.3 is 9.84 Å². The van der Waals surface area contributed by atoms with Crippen molar-refractivity contribution in [3.63, 3.8) is 0 Å². The van der Waals surface area contributed by atoms with Crippen LogP contribution in [0.25, 0.3) is 0 Å². The fourth-order valence-corrected chi connectivity index (χ4v) is 2.83. The number of ether oxygens (including phenoxy) is 1. The predicted octanol–water partition coefficient (Wildman–Crippen LogP) is 2.60. The lowest BCUT2D eigenvalue weighted by Gasteiger charge is -2.23. The van der Waals surface area contributed by atoms with E-state index in [9.17, 15) is 9.90 Å². The van der Waals surface area contributed by atoms with Crippen molar-refractivity contribution in [3.8, 4) is 0 Å². The molecule has 100 valence electrons. The molecule has 1 aliphatic heterocycles. The number of hydrogen-bond donors (Lipinski definition) is 1. The molecule has 1 heterocycles. The summed E-state index contributed by atoms with van der Waals surface area (Å²) in [4.78, 5) is 11.7. The molecule has 0 aromatic heterocycles. The van der Waals surface area contributed by atoms with E-state index in [0.717, 1.165) is 24.8 Å². The summed E-state index contributed by atoms with van der Waals surface area (Å²) in [5, 5.41) is 10.1. The summed E-state index contributed by atoms with van der Waals surface area (Å²) < 4.78 is 5.41. The molecule has 1 fully saturated rings. The molecule has 3 heteroatoms. The van der Waals surface area contributed by atoms with Crippen LogP contribution in [0, 0.1) is 11.8 Å². The van der Waals surface area contributed by atoms with E-state index in [1.54, 1.807) is 0 Å². The van der Waals surface area contributed by atoms with Gasteiger partial charge in [0.15, 0.2) is 0 Å². The minimum atomic E-state index is -0.513. The Morgan fingerprint density at radius 2 is 2.17 bits per heavy atom. The molecule has 2 aliphatic rings. The highest BCUT2D eigenvalue weighted by atomic mass is 16.6. The van der Waals surface area contributed by atoms with E-state index in [0.29, 0.717) is 6.42 Å². The Morgan fingerprint density at radius 1 is 1.44 bits per heavy atom. The molecular formula is C15H22O3. The molecule has 0 saturated carbocycles. The fraction of sp³-hybridized carbons (Fsp3) is 0.667. The molecule has 0 aromatic rings.